The maximum atomic E-state index is 12.6. The highest BCUT2D eigenvalue weighted by molar-refractivity contribution is 5.98. The molecule has 0 saturated heterocycles. The summed E-state index contributed by atoms with van der Waals surface area (Å²) in [4.78, 5) is 29.2. The average molecular weight is 494 g/mol. The topological polar surface area (TPSA) is 135 Å². The molecule has 0 amide bonds. The van der Waals surface area contributed by atoms with Crippen LogP contribution in [0.5, 0.6) is 23.0 Å². The van der Waals surface area contributed by atoms with Crippen molar-refractivity contribution in [1.29, 1.82) is 0 Å². The molecule has 188 valence electrons. The second-order valence-corrected chi connectivity index (χ2v) is 8.58. The van der Waals surface area contributed by atoms with Crippen LogP contribution in [0.2, 0.25) is 0 Å². The molecule has 9 heteroatoms. The molecular weight excluding hydrogens is 466 g/mol. The number of hydrogen-bond acceptors (Lipinski definition) is 9. The molecule has 0 bridgehead atoms. The number of aromatic hydroxyl groups is 3. The van der Waals surface area contributed by atoms with Crippen molar-refractivity contribution in [3.8, 4) is 23.0 Å². The van der Waals surface area contributed by atoms with Crippen molar-refractivity contribution in [3.63, 3.8) is 0 Å². The molecule has 2 aromatic carbocycles. The summed E-state index contributed by atoms with van der Waals surface area (Å²) in [6.07, 6.45) is 0.397. The number of esters is 1. The van der Waals surface area contributed by atoms with E-state index in [1.165, 1.54) is 27.2 Å². The van der Waals surface area contributed by atoms with Crippen LogP contribution in [-0.4, -0.2) is 46.3 Å². The minimum absolute atomic E-state index is 0.0464. The normalized spacial score (nSPS) is 15.3. The Kier molecular flexibility index (Phi) is 6.85. The minimum Gasteiger partial charge on any atom is -0.507 e. The van der Waals surface area contributed by atoms with Crippen molar-refractivity contribution < 1.29 is 39.1 Å². The predicted molar refractivity (Wildman–Crippen MR) is 129 cm³/mol. The van der Waals surface area contributed by atoms with Crippen LogP contribution in [-0.2, 0) is 20.9 Å². The Hall–Kier alpha value is -4.11. The van der Waals surface area contributed by atoms with Gasteiger partial charge in [-0.05, 0) is 26.0 Å². The summed E-state index contributed by atoms with van der Waals surface area (Å²) in [6.45, 7) is 3.05. The molecule has 36 heavy (non-hydrogen) atoms. The number of ketones is 1. The molecule has 0 spiro atoms. The molecule has 2 heterocycles. The van der Waals surface area contributed by atoms with E-state index in [0.29, 0.717) is 28.1 Å². The summed E-state index contributed by atoms with van der Waals surface area (Å²) < 4.78 is 16.3. The van der Waals surface area contributed by atoms with Gasteiger partial charge in [0, 0.05) is 39.9 Å². The molecule has 4 rings (SSSR count). The third kappa shape index (κ3) is 4.22. The van der Waals surface area contributed by atoms with Crippen LogP contribution in [0.25, 0.3) is 0 Å². The van der Waals surface area contributed by atoms with Crippen LogP contribution in [0, 0.1) is 6.92 Å². The molecule has 3 aromatic rings. The smallest absolute Gasteiger partial charge is 0.306 e. The summed E-state index contributed by atoms with van der Waals surface area (Å²) in [6, 6.07) is 8.22. The number of ether oxygens (including phenoxy) is 3. The van der Waals surface area contributed by atoms with Gasteiger partial charge in [0.05, 0.1) is 38.5 Å². The summed E-state index contributed by atoms with van der Waals surface area (Å²) in [5, 5.41) is 33.5. The molecule has 3 N–H and O–H groups in total. The van der Waals surface area contributed by atoms with Gasteiger partial charge in [0.1, 0.15) is 29.1 Å². The van der Waals surface area contributed by atoms with E-state index in [1.807, 2.05) is 0 Å². The van der Waals surface area contributed by atoms with Gasteiger partial charge in [-0.2, -0.15) is 0 Å². The number of phenols is 2. The highest BCUT2D eigenvalue weighted by Crippen LogP contribution is 2.51. The van der Waals surface area contributed by atoms with Crippen LogP contribution < -0.4 is 4.74 Å². The Morgan fingerprint density at radius 2 is 1.86 bits per heavy atom. The number of benzene rings is 2. The van der Waals surface area contributed by atoms with Gasteiger partial charge < -0.3 is 29.5 Å². The highest BCUT2D eigenvalue weighted by Gasteiger charge is 2.36. The zero-order valence-electron chi connectivity index (χ0n) is 20.4. The fraction of sp³-hybridized carbons (Fsp3) is 0.296. The lowest BCUT2D eigenvalue weighted by Gasteiger charge is -2.25. The van der Waals surface area contributed by atoms with Crippen molar-refractivity contribution in [1.82, 2.24) is 4.98 Å². The van der Waals surface area contributed by atoms with E-state index in [0.717, 1.165) is 0 Å². The highest BCUT2D eigenvalue weighted by atomic mass is 16.5. The van der Waals surface area contributed by atoms with Crippen LogP contribution in [0.3, 0.4) is 0 Å². The first-order valence-electron chi connectivity index (χ1n) is 11.3. The number of carbonyl (C=O) groups is 2. The summed E-state index contributed by atoms with van der Waals surface area (Å²) in [7, 11) is 2.70. The predicted octanol–water partition coefficient (Wildman–Crippen LogP) is 4.03. The molecule has 0 unspecified atom stereocenters. The largest absolute Gasteiger partial charge is 0.507 e. The van der Waals surface area contributed by atoms with Crippen molar-refractivity contribution in [2.24, 2.45) is 0 Å². The number of phenolic OH excluding ortho intramolecular Hbond substituents is 2. The van der Waals surface area contributed by atoms with Crippen molar-refractivity contribution >= 4 is 11.8 Å². The van der Waals surface area contributed by atoms with E-state index in [9.17, 15) is 24.9 Å². The first-order valence-corrected chi connectivity index (χ1v) is 11.3. The number of para-hydroxylation sites is 1. The van der Waals surface area contributed by atoms with Gasteiger partial charge in [0.2, 0.25) is 0 Å². The number of pyridine rings is 1. The molecule has 0 fully saturated rings. The Bertz CT molecular complexity index is 1350. The monoisotopic (exact) mass is 493 g/mol. The van der Waals surface area contributed by atoms with E-state index in [2.05, 4.69) is 4.98 Å². The quantitative estimate of drug-likeness (QED) is 0.329. The number of hydrogen-bond donors (Lipinski definition) is 3. The maximum absolute atomic E-state index is 12.6. The Labute approximate surface area is 207 Å². The van der Waals surface area contributed by atoms with Crippen LogP contribution in [0.1, 0.15) is 69.2 Å². The van der Waals surface area contributed by atoms with Gasteiger partial charge in [-0.3, -0.25) is 14.6 Å². The third-order valence-corrected chi connectivity index (χ3v) is 6.49. The van der Waals surface area contributed by atoms with Gasteiger partial charge in [-0.25, -0.2) is 0 Å². The number of aryl methyl sites for hydroxylation is 1. The number of aromatic nitrogens is 1. The number of rotatable bonds is 7. The fourth-order valence-electron chi connectivity index (χ4n) is 4.64. The third-order valence-electron chi connectivity index (χ3n) is 6.49. The molecule has 0 aliphatic carbocycles. The van der Waals surface area contributed by atoms with E-state index in [4.69, 9.17) is 14.2 Å². The second kappa shape index (κ2) is 9.87. The number of fused-ring (bicyclic) bond motifs is 1. The van der Waals surface area contributed by atoms with Crippen LogP contribution >= 0.6 is 0 Å². The Morgan fingerprint density at radius 3 is 2.53 bits per heavy atom. The molecular formula is C27H27NO8. The van der Waals surface area contributed by atoms with Gasteiger partial charge >= 0.3 is 5.97 Å². The van der Waals surface area contributed by atoms with E-state index < -0.39 is 29.5 Å². The first kappa shape index (κ1) is 25.0. The maximum Gasteiger partial charge on any atom is 0.306 e. The zero-order valence-corrected chi connectivity index (χ0v) is 20.4. The Morgan fingerprint density at radius 1 is 1.14 bits per heavy atom. The van der Waals surface area contributed by atoms with Gasteiger partial charge in [-0.1, -0.05) is 18.2 Å². The lowest BCUT2D eigenvalue weighted by atomic mass is 9.82. The SMILES string of the molecule is COC(=O)C[C@H](c1ccccc1OC)c1c(O)c(C(C)=O)cc([C@@H]2OCc3cnc(C)c(O)c32)c1O. The van der Waals surface area contributed by atoms with Crippen LogP contribution in [0.15, 0.2) is 36.5 Å². The molecule has 1 aliphatic heterocycles. The summed E-state index contributed by atoms with van der Waals surface area (Å²) >= 11 is 0. The first-order chi connectivity index (χ1) is 17.2. The minimum atomic E-state index is -0.935. The van der Waals surface area contributed by atoms with Gasteiger partial charge in [0.25, 0.3) is 0 Å². The second-order valence-electron chi connectivity index (χ2n) is 8.58. The molecule has 1 aromatic heterocycles. The summed E-state index contributed by atoms with van der Waals surface area (Å²) in [5.41, 5.74) is 1.99. The van der Waals surface area contributed by atoms with Crippen LogP contribution in [0.4, 0.5) is 0 Å². The molecule has 0 saturated carbocycles. The molecule has 1 aliphatic rings. The number of methoxy groups -OCH3 is 2. The molecule has 9 nitrogen and oxygen atoms in total. The number of Topliss-reactive ketones (excluding diaryl/α,β-unsaturated/α-hetero) is 1. The lowest BCUT2D eigenvalue weighted by Crippen LogP contribution is -2.14. The fourth-order valence-corrected chi connectivity index (χ4v) is 4.64. The lowest BCUT2D eigenvalue weighted by molar-refractivity contribution is -0.140. The standard InChI is InChI=1S/C27H27NO8/c1-13-24(31)22-15(11-28-13)12-36-27(22)19-9-17(14(2)29)25(32)23(26(19)33)18(10-21(30)35-4)16-7-5-6-8-20(16)34-3/h5-9,11,18,27,31-33H,10,12H2,1-4H3/t18-,27+/m1/s1. The number of nitrogens with zero attached hydrogens (tertiary/aromatic N) is 1. The van der Waals surface area contributed by atoms with Crippen molar-refractivity contribution in [2.75, 3.05) is 14.2 Å². The van der Waals surface area contributed by atoms with Gasteiger partial charge in [0.15, 0.2) is 5.78 Å². The number of carbonyl (C=O) groups excluding carboxylic acids is 2. The van der Waals surface area contributed by atoms with E-state index in [-0.39, 0.29) is 41.2 Å². The summed E-state index contributed by atoms with van der Waals surface area (Å²) in [5.74, 6) is -2.48. The van der Waals surface area contributed by atoms with Gasteiger partial charge in [-0.15, -0.1) is 0 Å². The van der Waals surface area contributed by atoms with Crippen molar-refractivity contribution in [2.45, 2.75) is 38.9 Å². The molecule has 0 radical (unpaired) electrons. The van der Waals surface area contributed by atoms with E-state index in [1.54, 1.807) is 37.4 Å². The van der Waals surface area contributed by atoms with Crippen molar-refractivity contribution in [3.05, 3.63) is 75.6 Å². The Balaban J connectivity index is 2.01. The van der Waals surface area contributed by atoms with E-state index >= 15 is 0 Å². The average Bonchev–Trinajstić information content (AvgIpc) is 3.30. The zero-order chi connectivity index (χ0) is 26.1. The molecule has 2 atom stereocenters.